The minimum Gasteiger partial charge on any atom is -0.276 e. The molecular weight excluding hydrogens is 328 g/mol. The average Bonchev–Trinajstić information content (AvgIpc) is 2.80. The van der Waals surface area contributed by atoms with Crippen molar-refractivity contribution in [2.24, 2.45) is 11.8 Å². The molecule has 1 saturated carbocycles. The number of likely N-dealkylation sites (tertiary alicyclic amines) is 1. The van der Waals surface area contributed by atoms with Gasteiger partial charge in [0.15, 0.2) is 0 Å². The first-order valence-electron chi connectivity index (χ1n) is 9.01. The third-order valence-electron chi connectivity index (χ3n) is 6.07. The lowest BCUT2D eigenvalue weighted by atomic mass is 9.85. The Labute approximate surface area is 142 Å². The first-order chi connectivity index (χ1) is 11.5. The van der Waals surface area contributed by atoms with Crippen molar-refractivity contribution in [2.45, 2.75) is 56.2 Å². The molecule has 2 amide bonds. The number of sulfonamides is 1. The van der Waals surface area contributed by atoms with Crippen LogP contribution in [0.3, 0.4) is 0 Å². The molecule has 0 radical (unpaired) electrons. The fourth-order valence-electron chi connectivity index (χ4n) is 4.55. The van der Waals surface area contributed by atoms with Crippen LogP contribution in [0.1, 0.15) is 44.9 Å². The van der Waals surface area contributed by atoms with Crippen molar-refractivity contribution >= 4 is 21.8 Å². The average molecular weight is 352 g/mol. The number of fused-ring (bicyclic) bond motifs is 1. The van der Waals surface area contributed by atoms with Gasteiger partial charge >= 0.3 is 0 Å². The van der Waals surface area contributed by atoms with Gasteiger partial charge in [-0.15, -0.1) is 0 Å². The molecule has 2 saturated heterocycles. The van der Waals surface area contributed by atoms with Crippen LogP contribution < -0.4 is 0 Å². The highest BCUT2D eigenvalue weighted by molar-refractivity contribution is 7.89. The molecule has 0 aromatic carbocycles. The Kier molecular flexibility index (Phi) is 4.03. The molecule has 24 heavy (non-hydrogen) atoms. The summed E-state index contributed by atoms with van der Waals surface area (Å²) in [4.78, 5) is 26.5. The Balaban J connectivity index is 1.42. The van der Waals surface area contributed by atoms with Crippen LogP contribution in [0.4, 0.5) is 0 Å². The van der Waals surface area contributed by atoms with Gasteiger partial charge in [-0.1, -0.05) is 31.4 Å². The Morgan fingerprint density at radius 2 is 1.42 bits per heavy atom. The second kappa shape index (κ2) is 5.95. The summed E-state index contributed by atoms with van der Waals surface area (Å²) in [6.07, 6.45) is 9.73. The summed E-state index contributed by atoms with van der Waals surface area (Å²) >= 11 is 0. The van der Waals surface area contributed by atoms with Gasteiger partial charge in [-0.2, -0.15) is 4.31 Å². The van der Waals surface area contributed by atoms with Gasteiger partial charge in [-0.05, 0) is 25.7 Å². The standard InChI is InChI=1S/C17H24N2O4S/c20-16-14-8-4-5-9-15(14)17(21)19(16)12-10-18(11-12)24(22,23)13-6-2-1-3-7-13/h4-5,12-15H,1-3,6-11H2. The van der Waals surface area contributed by atoms with E-state index in [0.29, 0.717) is 12.8 Å². The second-order valence-corrected chi connectivity index (χ2v) is 9.69. The van der Waals surface area contributed by atoms with Crippen LogP contribution in [0, 0.1) is 11.8 Å². The highest BCUT2D eigenvalue weighted by Crippen LogP contribution is 2.38. The van der Waals surface area contributed by atoms with E-state index >= 15 is 0 Å². The van der Waals surface area contributed by atoms with Crippen molar-refractivity contribution in [3.8, 4) is 0 Å². The van der Waals surface area contributed by atoms with E-state index in [1.54, 1.807) is 0 Å². The summed E-state index contributed by atoms with van der Waals surface area (Å²) in [5.41, 5.74) is 0. The number of imide groups is 1. The number of allylic oxidation sites excluding steroid dienone is 2. The fraction of sp³-hybridized carbons (Fsp3) is 0.765. The quantitative estimate of drug-likeness (QED) is 0.566. The minimum absolute atomic E-state index is 0.103. The molecular formula is C17H24N2O4S. The van der Waals surface area contributed by atoms with E-state index in [1.165, 1.54) is 9.21 Å². The van der Waals surface area contributed by atoms with Crippen LogP contribution in [-0.4, -0.2) is 53.8 Å². The normalized spacial score (nSPS) is 32.9. The number of carbonyl (C=O) groups excluding carboxylic acids is 2. The first kappa shape index (κ1) is 16.3. The van der Waals surface area contributed by atoms with Crippen LogP contribution in [0.25, 0.3) is 0 Å². The van der Waals surface area contributed by atoms with Gasteiger partial charge in [-0.3, -0.25) is 14.5 Å². The van der Waals surface area contributed by atoms with Crippen molar-refractivity contribution < 1.29 is 18.0 Å². The van der Waals surface area contributed by atoms with E-state index in [-0.39, 0.29) is 48.0 Å². The Morgan fingerprint density at radius 1 is 0.875 bits per heavy atom. The molecule has 2 aliphatic heterocycles. The second-order valence-electron chi connectivity index (χ2n) is 7.48. The molecule has 0 aromatic heterocycles. The monoisotopic (exact) mass is 352 g/mol. The lowest BCUT2D eigenvalue weighted by molar-refractivity contribution is -0.145. The largest absolute Gasteiger partial charge is 0.276 e. The molecule has 0 spiro atoms. The van der Waals surface area contributed by atoms with Gasteiger partial charge in [0, 0.05) is 13.1 Å². The van der Waals surface area contributed by atoms with Crippen molar-refractivity contribution in [3.63, 3.8) is 0 Å². The number of hydrogen-bond donors (Lipinski definition) is 0. The molecule has 132 valence electrons. The van der Waals surface area contributed by atoms with Gasteiger partial charge in [0.2, 0.25) is 21.8 Å². The minimum atomic E-state index is -3.28. The fourth-order valence-corrected chi connectivity index (χ4v) is 6.66. The maximum Gasteiger partial charge on any atom is 0.233 e. The van der Waals surface area contributed by atoms with E-state index in [0.717, 1.165) is 32.1 Å². The van der Waals surface area contributed by atoms with Crippen molar-refractivity contribution in [1.29, 1.82) is 0 Å². The molecule has 4 rings (SSSR count). The van der Waals surface area contributed by atoms with Crippen molar-refractivity contribution in [3.05, 3.63) is 12.2 Å². The summed E-state index contributed by atoms with van der Waals surface area (Å²) in [5, 5.41) is -0.274. The SMILES string of the molecule is O=C1C2CC=CCC2C(=O)N1C1CN(S(=O)(=O)C2CCCCC2)C1. The lowest BCUT2D eigenvalue weighted by Crippen LogP contribution is -2.63. The topological polar surface area (TPSA) is 74.8 Å². The number of amides is 2. The molecule has 0 aromatic rings. The molecule has 2 unspecified atom stereocenters. The molecule has 2 aliphatic carbocycles. The van der Waals surface area contributed by atoms with Crippen molar-refractivity contribution in [2.75, 3.05) is 13.1 Å². The molecule has 6 nitrogen and oxygen atoms in total. The predicted octanol–water partition coefficient (Wildman–Crippen LogP) is 1.28. The van der Waals surface area contributed by atoms with Crippen LogP contribution >= 0.6 is 0 Å². The maximum absolute atomic E-state index is 12.7. The van der Waals surface area contributed by atoms with E-state index in [9.17, 15) is 18.0 Å². The van der Waals surface area contributed by atoms with Crippen LogP contribution in [0.15, 0.2) is 12.2 Å². The van der Waals surface area contributed by atoms with Crippen molar-refractivity contribution in [1.82, 2.24) is 9.21 Å². The Bertz CT molecular complexity index is 649. The van der Waals surface area contributed by atoms with E-state index in [1.807, 2.05) is 12.2 Å². The molecule has 4 aliphatic rings. The molecule has 0 N–H and O–H groups in total. The highest BCUT2D eigenvalue weighted by Gasteiger charge is 2.53. The number of carbonyl (C=O) groups is 2. The lowest BCUT2D eigenvalue weighted by Gasteiger charge is -2.44. The summed E-state index contributed by atoms with van der Waals surface area (Å²) in [5.74, 6) is -0.666. The van der Waals surface area contributed by atoms with Gasteiger partial charge in [0.25, 0.3) is 0 Å². The number of rotatable bonds is 3. The molecule has 3 fully saturated rings. The van der Waals surface area contributed by atoms with Crippen LogP contribution in [0.2, 0.25) is 0 Å². The van der Waals surface area contributed by atoms with Gasteiger partial charge in [0.05, 0.1) is 23.1 Å². The van der Waals surface area contributed by atoms with E-state index in [4.69, 9.17) is 0 Å². The third-order valence-corrected chi connectivity index (χ3v) is 8.40. The smallest absolute Gasteiger partial charge is 0.233 e. The summed E-state index contributed by atoms with van der Waals surface area (Å²) in [6, 6.07) is -0.269. The zero-order valence-electron chi connectivity index (χ0n) is 13.8. The van der Waals surface area contributed by atoms with Crippen LogP contribution in [-0.2, 0) is 19.6 Å². The van der Waals surface area contributed by atoms with E-state index < -0.39 is 10.0 Å². The summed E-state index contributed by atoms with van der Waals surface area (Å²) in [6.45, 7) is 0.562. The van der Waals surface area contributed by atoms with Gasteiger partial charge in [0.1, 0.15) is 0 Å². The molecule has 2 atom stereocenters. The van der Waals surface area contributed by atoms with E-state index in [2.05, 4.69) is 0 Å². The van der Waals surface area contributed by atoms with Gasteiger partial charge < -0.3 is 0 Å². The van der Waals surface area contributed by atoms with Gasteiger partial charge in [-0.25, -0.2) is 8.42 Å². The number of hydrogen-bond acceptors (Lipinski definition) is 4. The Hall–Kier alpha value is -1.21. The predicted molar refractivity (Wildman–Crippen MR) is 88.4 cm³/mol. The Morgan fingerprint density at radius 3 is 1.96 bits per heavy atom. The number of nitrogens with zero attached hydrogens (tertiary/aromatic N) is 2. The zero-order chi connectivity index (χ0) is 16.9. The maximum atomic E-state index is 12.7. The summed E-state index contributed by atoms with van der Waals surface area (Å²) in [7, 11) is -3.28. The zero-order valence-corrected chi connectivity index (χ0v) is 14.6. The first-order valence-corrected chi connectivity index (χ1v) is 10.5. The third kappa shape index (κ3) is 2.44. The molecule has 0 bridgehead atoms. The highest BCUT2D eigenvalue weighted by atomic mass is 32.2. The summed E-state index contributed by atoms with van der Waals surface area (Å²) < 4.78 is 26.8. The molecule has 2 heterocycles. The molecule has 7 heteroatoms. The van der Waals surface area contributed by atoms with Crippen LogP contribution in [0.5, 0.6) is 0 Å².